The Labute approximate surface area is 92.8 Å². The summed E-state index contributed by atoms with van der Waals surface area (Å²) in [5.41, 5.74) is 2.11. The summed E-state index contributed by atoms with van der Waals surface area (Å²) in [6, 6.07) is 3.38. The topological polar surface area (TPSA) is 26.3 Å². The number of carbonyl (C=O) groups excluding carboxylic acids is 1. The lowest BCUT2D eigenvalue weighted by Gasteiger charge is -2.07. The van der Waals surface area contributed by atoms with Crippen molar-refractivity contribution in [3.63, 3.8) is 0 Å². The molecule has 76 valence electrons. The van der Waals surface area contributed by atoms with Crippen LogP contribution in [-0.2, 0) is 10.6 Å². The molecule has 4 heteroatoms. The molecule has 0 aliphatic rings. The number of benzene rings is 1. The molecule has 0 radical (unpaired) electrons. The van der Waals surface area contributed by atoms with Crippen LogP contribution in [0.4, 0.5) is 0 Å². The first kappa shape index (κ1) is 11.3. The van der Waals surface area contributed by atoms with Gasteiger partial charge >= 0.3 is 5.97 Å². The molecule has 0 N–H and O–H groups in total. The van der Waals surface area contributed by atoms with Crippen molar-refractivity contribution in [2.24, 2.45) is 0 Å². The monoisotopic (exact) mass is 232 g/mol. The van der Waals surface area contributed by atoms with Gasteiger partial charge in [-0.3, -0.25) is 0 Å². The van der Waals surface area contributed by atoms with Crippen LogP contribution in [0, 0.1) is 6.92 Å². The van der Waals surface area contributed by atoms with Crippen molar-refractivity contribution in [3.05, 3.63) is 33.8 Å². The molecule has 0 bridgehead atoms. The Morgan fingerprint density at radius 1 is 1.50 bits per heavy atom. The summed E-state index contributed by atoms with van der Waals surface area (Å²) in [4.78, 5) is 11.3. The molecule has 2 nitrogen and oxygen atoms in total. The molecule has 0 amide bonds. The van der Waals surface area contributed by atoms with Gasteiger partial charge in [0.15, 0.2) is 0 Å². The van der Waals surface area contributed by atoms with Crippen molar-refractivity contribution in [2.45, 2.75) is 12.8 Å². The number of hydrogen-bond donors (Lipinski definition) is 0. The summed E-state index contributed by atoms with van der Waals surface area (Å²) in [6.45, 7) is 1.82. The van der Waals surface area contributed by atoms with Gasteiger partial charge in [-0.1, -0.05) is 17.7 Å². The highest BCUT2D eigenvalue weighted by atomic mass is 35.5. The Hall–Kier alpha value is -0.730. The first-order valence-corrected chi connectivity index (χ1v) is 4.94. The van der Waals surface area contributed by atoms with E-state index in [-0.39, 0.29) is 5.97 Å². The van der Waals surface area contributed by atoms with Crippen LogP contribution in [0.2, 0.25) is 5.02 Å². The first-order valence-electron chi connectivity index (χ1n) is 4.03. The smallest absolute Gasteiger partial charge is 0.338 e. The third kappa shape index (κ3) is 2.20. The summed E-state index contributed by atoms with van der Waals surface area (Å²) >= 11 is 11.6. The van der Waals surface area contributed by atoms with E-state index in [1.54, 1.807) is 12.1 Å². The second kappa shape index (κ2) is 4.67. The molecule has 14 heavy (non-hydrogen) atoms. The molecule has 0 spiro atoms. The molecule has 0 fully saturated rings. The van der Waals surface area contributed by atoms with E-state index < -0.39 is 0 Å². The van der Waals surface area contributed by atoms with Crippen molar-refractivity contribution < 1.29 is 9.53 Å². The van der Waals surface area contributed by atoms with Crippen LogP contribution in [0.25, 0.3) is 0 Å². The Balaban J connectivity index is 3.21. The second-order valence-electron chi connectivity index (χ2n) is 2.88. The van der Waals surface area contributed by atoms with Crippen LogP contribution in [0.15, 0.2) is 12.1 Å². The molecule has 0 unspecified atom stereocenters. The van der Waals surface area contributed by atoms with Gasteiger partial charge in [-0.2, -0.15) is 0 Å². The number of halogens is 2. The Bertz CT molecular complexity index is 361. The molecule has 1 aromatic carbocycles. The van der Waals surface area contributed by atoms with E-state index in [1.807, 2.05) is 6.92 Å². The number of hydrogen-bond acceptors (Lipinski definition) is 2. The molecule has 1 rings (SSSR count). The number of aryl methyl sites for hydroxylation is 1. The fraction of sp³-hybridized carbons (Fsp3) is 0.300. The largest absolute Gasteiger partial charge is 0.465 e. The van der Waals surface area contributed by atoms with E-state index in [9.17, 15) is 4.79 Å². The summed E-state index contributed by atoms with van der Waals surface area (Å²) < 4.78 is 4.62. The molecule has 0 aliphatic carbocycles. The van der Waals surface area contributed by atoms with Gasteiger partial charge in [0.2, 0.25) is 0 Å². The average molecular weight is 233 g/mol. The van der Waals surface area contributed by atoms with E-state index in [1.165, 1.54) is 7.11 Å². The van der Waals surface area contributed by atoms with Crippen molar-refractivity contribution >= 4 is 29.2 Å². The minimum Gasteiger partial charge on any atom is -0.465 e. The fourth-order valence-corrected chi connectivity index (χ4v) is 1.69. The predicted octanol–water partition coefficient (Wildman–Crippen LogP) is 3.17. The van der Waals surface area contributed by atoms with Crippen LogP contribution < -0.4 is 0 Å². The maximum atomic E-state index is 11.3. The zero-order chi connectivity index (χ0) is 10.7. The number of methoxy groups -OCH3 is 1. The summed E-state index contributed by atoms with van der Waals surface area (Å²) in [7, 11) is 1.34. The molecule has 0 atom stereocenters. The van der Waals surface area contributed by atoms with Crippen LogP contribution >= 0.6 is 23.2 Å². The second-order valence-corrected chi connectivity index (χ2v) is 3.56. The van der Waals surface area contributed by atoms with Crippen LogP contribution in [0.3, 0.4) is 0 Å². The van der Waals surface area contributed by atoms with Crippen molar-refractivity contribution in [1.29, 1.82) is 0 Å². The molecule has 0 aliphatic heterocycles. The Kier molecular flexibility index (Phi) is 3.78. The molecule has 0 saturated heterocycles. The van der Waals surface area contributed by atoms with Gasteiger partial charge in [0.25, 0.3) is 0 Å². The molecule has 0 saturated carbocycles. The van der Waals surface area contributed by atoms with Crippen LogP contribution in [0.5, 0.6) is 0 Å². The number of esters is 1. The summed E-state index contributed by atoms with van der Waals surface area (Å²) in [5.74, 6) is -0.0493. The lowest BCUT2D eigenvalue weighted by atomic mass is 10.1. The van der Waals surface area contributed by atoms with Crippen molar-refractivity contribution in [3.8, 4) is 0 Å². The number of carbonyl (C=O) groups is 1. The molecule has 0 aromatic heterocycles. The van der Waals surface area contributed by atoms with E-state index >= 15 is 0 Å². The normalized spacial score (nSPS) is 10.0. The third-order valence-electron chi connectivity index (χ3n) is 1.94. The van der Waals surface area contributed by atoms with Gasteiger partial charge in [0.05, 0.1) is 12.7 Å². The first-order chi connectivity index (χ1) is 6.60. The number of ether oxygens (including phenoxy) is 1. The van der Waals surface area contributed by atoms with Gasteiger partial charge in [-0.05, 0) is 24.1 Å². The minimum absolute atomic E-state index is 0.334. The highest BCUT2D eigenvalue weighted by molar-refractivity contribution is 6.32. The standard InChI is InChI=1S/C10H10Cl2O2/c1-6-3-7(5-11)9(12)4-8(6)10(13)14-2/h3-4H,5H2,1-2H3. The molecular formula is C10H10Cl2O2. The van der Waals surface area contributed by atoms with Crippen LogP contribution in [0.1, 0.15) is 21.5 Å². The SMILES string of the molecule is COC(=O)c1cc(Cl)c(CCl)cc1C. The quantitative estimate of drug-likeness (QED) is 0.579. The zero-order valence-corrected chi connectivity index (χ0v) is 9.45. The lowest BCUT2D eigenvalue weighted by Crippen LogP contribution is -2.04. The number of rotatable bonds is 2. The maximum absolute atomic E-state index is 11.3. The highest BCUT2D eigenvalue weighted by Crippen LogP contribution is 2.23. The van der Waals surface area contributed by atoms with E-state index in [4.69, 9.17) is 23.2 Å². The van der Waals surface area contributed by atoms with Gasteiger partial charge in [-0.15, -0.1) is 11.6 Å². The molecular weight excluding hydrogens is 223 g/mol. The highest BCUT2D eigenvalue weighted by Gasteiger charge is 2.12. The predicted molar refractivity (Wildman–Crippen MR) is 57.1 cm³/mol. The molecule has 0 heterocycles. The Morgan fingerprint density at radius 3 is 2.64 bits per heavy atom. The Morgan fingerprint density at radius 2 is 2.14 bits per heavy atom. The lowest BCUT2D eigenvalue weighted by molar-refractivity contribution is 0.0600. The van der Waals surface area contributed by atoms with Crippen LogP contribution in [-0.4, -0.2) is 13.1 Å². The van der Waals surface area contributed by atoms with E-state index in [0.29, 0.717) is 16.5 Å². The van der Waals surface area contributed by atoms with E-state index in [0.717, 1.165) is 11.1 Å². The van der Waals surface area contributed by atoms with Gasteiger partial charge in [0.1, 0.15) is 0 Å². The van der Waals surface area contributed by atoms with E-state index in [2.05, 4.69) is 4.74 Å². The molecule has 1 aromatic rings. The van der Waals surface area contributed by atoms with Crippen molar-refractivity contribution in [2.75, 3.05) is 7.11 Å². The summed E-state index contributed by atoms with van der Waals surface area (Å²) in [6.07, 6.45) is 0. The fourth-order valence-electron chi connectivity index (χ4n) is 1.17. The zero-order valence-electron chi connectivity index (χ0n) is 7.93. The van der Waals surface area contributed by atoms with Gasteiger partial charge in [0, 0.05) is 10.9 Å². The minimum atomic E-state index is -0.384. The van der Waals surface area contributed by atoms with Gasteiger partial charge < -0.3 is 4.74 Å². The average Bonchev–Trinajstić information content (AvgIpc) is 2.19. The summed E-state index contributed by atoms with van der Waals surface area (Å²) in [5, 5.41) is 0.492. The third-order valence-corrected chi connectivity index (χ3v) is 2.58. The van der Waals surface area contributed by atoms with Crippen molar-refractivity contribution in [1.82, 2.24) is 0 Å². The van der Waals surface area contributed by atoms with Gasteiger partial charge in [-0.25, -0.2) is 4.79 Å². The maximum Gasteiger partial charge on any atom is 0.338 e. The number of alkyl halides is 1.